The van der Waals surface area contributed by atoms with Crippen LogP contribution in [0, 0.1) is 11.8 Å². The van der Waals surface area contributed by atoms with Crippen molar-refractivity contribution in [2.75, 3.05) is 19.7 Å². The highest BCUT2D eigenvalue weighted by atomic mass is 16.3. The molecule has 2 fully saturated rings. The second-order valence-electron chi connectivity index (χ2n) is 6.41. The number of piperidine rings is 1. The lowest BCUT2D eigenvalue weighted by Crippen LogP contribution is -2.51. The van der Waals surface area contributed by atoms with Crippen molar-refractivity contribution >= 4 is 11.8 Å². The van der Waals surface area contributed by atoms with Gasteiger partial charge >= 0.3 is 0 Å². The zero-order valence-corrected chi connectivity index (χ0v) is 11.8. The number of aliphatic hydroxyl groups excluding tert-OH is 1. The first-order valence-corrected chi connectivity index (χ1v) is 7.14. The smallest absolute Gasteiger partial charge is 0.225 e. The van der Waals surface area contributed by atoms with Crippen LogP contribution in [0.5, 0.6) is 0 Å². The van der Waals surface area contributed by atoms with Gasteiger partial charge in [0.05, 0.1) is 12.1 Å². The Labute approximate surface area is 114 Å². The minimum absolute atomic E-state index is 0.00225. The van der Waals surface area contributed by atoms with Crippen LogP contribution in [0.3, 0.4) is 0 Å². The van der Waals surface area contributed by atoms with Crippen molar-refractivity contribution in [3.63, 3.8) is 0 Å². The lowest BCUT2D eigenvalue weighted by molar-refractivity contribution is -0.137. The number of rotatable bonds is 4. The molecule has 1 aliphatic carbocycles. The first-order valence-electron chi connectivity index (χ1n) is 7.14. The molecular formula is C14H24N2O3. The maximum absolute atomic E-state index is 12.1. The third-order valence-corrected chi connectivity index (χ3v) is 3.96. The Morgan fingerprint density at radius 2 is 1.74 bits per heavy atom. The van der Waals surface area contributed by atoms with E-state index >= 15 is 0 Å². The molecule has 0 aromatic carbocycles. The second-order valence-corrected chi connectivity index (χ2v) is 6.41. The molecule has 0 aromatic rings. The van der Waals surface area contributed by atoms with Crippen LogP contribution in [0.25, 0.3) is 0 Å². The van der Waals surface area contributed by atoms with E-state index in [1.807, 2.05) is 4.90 Å². The zero-order chi connectivity index (χ0) is 14.0. The fourth-order valence-corrected chi connectivity index (χ4v) is 2.43. The molecule has 1 heterocycles. The average molecular weight is 268 g/mol. The van der Waals surface area contributed by atoms with Crippen LogP contribution >= 0.6 is 0 Å². The van der Waals surface area contributed by atoms with E-state index in [9.17, 15) is 9.59 Å². The van der Waals surface area contributed by atoms with Crippen molar-refractivity contribution in [3.05, 3.63) is 0 Å². The van der Waals surface area contributed by atoms with E-state index in [-0.39, 0.29) is 30.3 Å². The van der Waals surface area contributed by atoms with Crippen molar-refractivity contribution in [2.45, 2.75) is 45.1 Å². The van der Waals surface area contributed by atoms with E-state index in [0.29, 0.717) is 13.1 Å². The van der Waals surface area contributed by atoms with Crippen LogP contribution in [0.1, 0.15) is 39.5 Å². The van der Waals surface area contributed by atoms with Gasteiger partial charge < -0.3 is 15.3 Å². The minimum Gasteiger partial charge on any atom is -0.394 e. The normalized spacial score (nSPS) is 21.3. The molecule has 0 unspecified atom stereocenters. The molecule has 1 saturated carbocycles. The number of carbonyl (C=O) groups excluding carboxylic acids is 2. The van der Waals surface area contributed by atoms with Crippen LogP contribution in [0.4, 0.5) is 0 Å². The largest absolute Gasteiger partial charge is 0.394 e. The van der Waals surface area contributed by atoms with Crippen molar-refractivity contribution < 1.29 is 14.7 Å². The molecule has 1 saturated heterocycles. The van der Waals surface area contributed by atoms with Gasteiger partial charge in [-0.05, 0) is 39.5 Å². The van der Waals surface area contributed by atoms with Gasteiger partial charge in [-0.3, -0.25) is 9.59 Å². The van der Waals surface area contributed by atoms with E-state index in [1.165, 1.54) is 0 Å². The highest BCUT2D eigenvalue weighted by Crippen LogP contribution is 2.32. The molecule has 2 aliphatic rings. The lowest BCUT2D eigenvalue weighted by Gasteiger charge is -2.33. The SMILES string of the molecule is CC(C)(CO)NC(=O)C1CCN(C(=O)C2CC2)CC1. The summed E-state index contributed by atoms with van der Waals surface area (Å²) in [5, 5.41) is 12.0. The Balaban J connectivity index is 1.79. The first-order chi connectivity index (χ1) is 8.93. The zero-order valence-electron chi connectivity index (χ0n) is 11.8. The van der Waals surface area contributed by atoms with Crippen LogP contribution in [-0.4, -0.2) is 47.1 Å². The van der Waals surface area contributed by atoms with Crippen molar-refractivity contribution in [3.8, 4) is 0 Å². The Bertz CT molecular complexity index is 356. The fourth-order valence-electron chi connectivity index (χ4n) is 2.43. The van der Waals surface area contributed by atoms with E-state index in [0.717, 1.165) is 25.7 Å². The lowest BCUT2D eigenvalue weighted by atomic mass is 9.94. The number of aliphatic hydroxyl groups is 1. The number of likely N-dealkylation sites (tertiary alicyclic amines) is 1. The molecule has 0 spiro atoms. The topological polar surface area (TPSA) is 69.6 Å². The molecule has 2 amide bonds. The van der Waals surface area contributed by atoms with Gasteiger partial charge in [-0.25, -0.2) is 0 Å². The molecule has 0 bridgehead atoms. The van der Waals surface area contributed by atoms with E-state index in [2.05, 4.69) is 5.32 Å². The van der Waals surface area contributed by atoms with Gasteiger partial charge in [-0.15, -0.1) is 0 Å². The van der Waals surface area contributed by atoms with Crippen molar-refractivity contribution in [2.24, 2.45) is 11.8 Å². The highest BCUT2D eigenvalue weighted by Gasteiger charge is 2.36. The van der Waals surface area contributed by atoms with Gasteiger partial charge in [0.15, 0.2) is 0 Å². The number of hydrogen-bond donors (Lipinski definition) is 2. The monoisotopic (exact) mass is 268 g/mol. The van der Waals surface area contributed by atoms with Gasteiger partial charge in [-0.2, -0.15) is 0 Å². The third-order valence-electron chi connectivity index (χ3n) is 3.96. The molecule has 2 N–H and O–H groups in total. The number of nitrogens with zero attached hydrogens (tertiary/aromatic N) is 1. The van der Waals surface area contributed by atoms with E-state index in [1.54, 1.807) is 13.8 Å². The molecule has 0 aromatic heterocycles. The van der Waals surface area contributed by atoms with Crippen molar-refractivity contribution in [1.82, 2.24) is 10.2 Å². The Morgan fingerprint density at radius 1 is 1.16 bits per heavy atom. The molecular weight excluding hydrogens is 244 g/mol. The molecule has 2 rings (SSSR count). The highest BCUT2D eigenvalue weighted by molar-refractivity contribution is 5.82. The maximum Gasteiger partial charge on any atom is 0.225 e. The summed E-state index contributed by atoms with van der Waals surface area (Å²) in [6.45, 7) is 4.91. The number of carbonyl (C=O) groups is 2. The molecule has 19 heavy (non-hydrogen) atoms. The summed E-state index contributed by atoms with van der Waals surface area (Å²) >= 11 is 0. The van der Waals surface area contributed by atoms with Crippen LogP contribution in [-0.2, 0) is 9.59 Å². The van der Waals surface area contributed by atoms with Gasteiger partial charge in [0, 0.05) is 24.9 Å². The van der Waals surface area contributed by atoms with E-state index < -0.39 is 5.54 Å². The summed E-state index contributed by atoms with van der Waals surface area (Å²) in [6, 6.07) is 0. The first kappa shape index (κ1) is 14.3. The minimum atomic E-state index is -0.571. The average Bonchev–Trinajstić information content (AvgIpc) is 3.22. The summed E-state index contributed by atoms with van der Waals surface area (Å²) in [7, 11) is 0. The van der Waals surface area contributed by atoms with Gasteiger partial charge in [0.2, 0.25) is 11.8 Å². The summed E-state index contributed by atoms with van der Waals surface area (Å²) in [5.41, 5.74) is -0.571. The number of amides is 2. The molecule has 1 aliphatic heterocycles. The van der Waals surface area contributed by atoms with Gasteiger partial charge in [-0.1, -0.05) is 0 Å². The standard InChI is InChI=1S/C14H24N2O3/c1-14(2,9-17)15-12(18)10-5-7-16(8-6-10)13(19)11-3-4-11/h10-11,17H,3-9H2,1-2H3,(H,15,18). The quantitative estimate of drug-likeness (QED) is 0.781. The van der Waals surface area contributed by atoms with Crippen LogP contribution in [0.2, 0.25) is 0 Å². The molecule has 0 atom stereocenters. The van der Waals surface area contributed by atoms with E-state index in [4.69, 9.17) is 5.11 Å². The predicted molar refractivity (Wildman–Crippen MR) is 71.3 cm³/mol. The molecule has 108 valence electrons. The predicted octanol–water partition coefficient (Wildman–Crippen LogP) is 0.522. The number of nitrogens with one attached hydrogen (secondary N) is 1. The summed E-state index contributed by atoms with van der Waals surface area (Å²) in [4.78, 5) is 25.9. The number of hydrogen-bond acceptors (Lipinski definition) is 3. The molecule has 5 nitrogen and oxygen atoms in total. The van der Waals surface area contributed by atoms with Crippen LogP contribution < -0.4 is 5.32 Å². The maximum atomic E-state index is 12.1. The summed E-state index contributed by atoms with van der Waals surface area (Å²) in [6.07, 6.45) is 3.52. The van der Waals surface area contributed by atoms with Gasteiger partial charge in [0.1, 0.15) is 0 Å². The Morgan fingerprint density at radius 3 is 2.21 bits per heavy atom. The Hall–Kier alpha value is -1.10. The third kappa shape index (κ3) is 3.69. The summed E-state index contributed by atoms with van der Waals surface area (Å²) in [5.74, 6) is 0.500. The molecule has 0 radical (unpaired) electrons. The Kier molecular flexibility index (Phi) is 4.13. The van der Waals surface area contributed by atoms with Crippen LogP contribution in [0.15, 0.2) is 0 Å². The van der Waals surface area contributed by atoms with Crippen molar-refractivity contribution in [1.29, 1.82) is 0 Å². The molecule has 5 heteroatoms. The fraction of sp³-hybridized carbons (Fsp3) is 0.857. The summed E-state index contributed by atoms with van der Waals surface area (Å²) < 4.78 is 0. The second kappa shape index (κ2) is 5.49. The van der Waals surface area contributed by atoms with Gasteiger partial charge in [0.25, 0.3) is 0 Å².